The summed E-state index contributed by atoms with van der Waals surface area (Å²) in [5.41, 5.74) is 1.64. The van der Waals surface area contributed by atoms with Gasteiger partial charge in [-0.1, -0.05) is 12.1 Å². The first kappa shape index (κ1) is 19.1. The Morgan fingerprint density at radius 3 is 2.81 bits per heavy atom. The van der Waals surface area contributed by atoms with Crippen molar-refractivity contribution in [1.29, 1.82) is 0 Å². The minimum atomic E-state index is -0.217. The van der Waals surface area contributed by atoms with Crippen molar-refractivity contribution in [2.45, 2.75) is 25.4 Å². The molecule has 0 spiro atoms. The maximum absolute atomic E-state index is 13.1. The van der Waals surface area contributed by atoms with Crippen LogP contribution in [0.5, 0.6) is 5.75 Å². The van der Waals surface area contributed by atoms with Crippen LogP contribution in [0.4, 0.5) is 4.39 Å². The average Bonchev–Trinajstić information content (AvgIpc) is 3.08. The molecule has 3 rings (SSSR count). The molecule has 0 aromatic heterocycles. The number of carbonyl (C=O) groups is 1. The Morgan fingerprint density at radius 1 is 1.31 bits per heavy atom. The molecule has 2 aromatic rings. The Bertz CT molecular complexity index is 767. The molecule has 1 amide bonds. The normalized spacial score (nSPS) is 17.3. The number of methoxy groups -OCH3 is 1. The van der Waals surface area contributed by atoms with Crippen molar-refractivity contribution in [1.82, 2.24) is 10.2 Å². The Balaban J connectivity index is 1.60. The highest BCUT2D eigenvalue weighted by Crippen LogP contribution is 2.22. The van der Waals surface area contributed by atoms with Crippen LogP contribution in [0.1, 0.15) is 28.8 Å². The van der Waals surface area contributed by atoms with Crippen molar-refractivity contribution < 1.29 is 13.9 Å². The second-order valence-electron chi connectivity index (χ2n) is 6.45. The molecule has 1 aliphatic rings. The summed E-state index contributed by atoms with van der Waals surface area (Å²) in [4.78, 5) is 14.9. The highest BCUT2D eigenvalue weighted by molar-refractivity contribution is 14.1. The number of hydrogen-bond acceptors (Lipinski definition) is 3. The summed E-state index contributed by atoms with van der Waals surface area (Å²) in [6.07, 6.45) is 2.15. The number of nitrogens with zero attached hydrogens (tertiary/aromatic N) is 1. The minimum absolute atomic E-state index is 0.117. The second-order valence-corrected chi connectivity index (χ2v) is 7.69. The molecule has 0 radical (unpaired) electrons. The Hall–Kier alpha value is -1.67. The van der Waals surface area contributed by atoms with E-state index in [0.717, 1.165) is 35.1 Å². The van der Waals surface area contributed by atoms with Crippen molar-refractivity contribution in [3.05, 3.63) is 63.0 Å². The molecule has 6 heteroatoms. The van der Waals surface area contributed by atoms with E-state index < -0.39 is 0 Å². The predicted octanol–water partition coefficient (Wildman–Crippen LogP) is 3.83. The van der Waals surface area contributed by atoms with Gasteiger partial charge in [0, 0.05) is 22.7 Å². The van der Waals surface area contributed by atoms with Crippen LogP contribution in [0.3, 0.4) is 0 Å². The Labute approximate surface area is 166 Å². The predicted molar refractivity (Wildman–Crippen MR) is 108 cm³/mol. The molecule has 1 N–H and O–H groups in total. The van der Waals surface area contributed by atoms with E-state index in [4.69, 9.17) is 4.74 Å². The van der Waals surface area contributed by atoms with Gasteiger partial charge in [-0.2, -0.15) is 0 Å². The summed E-state index contributed by atoms with van der Waals surface area (Å²) in [5.74, 6) is 0.247. The first-order valence-electron chi connectivity index (χ1n) is 8.67. The number of hydrogen-bond donors (Lipinski definition) is 1. The van der Waals surface area contributed by atoms with Gasteiger partial charge >= 0.3 is 0 Å². The van der Waals surface area contributed by atoms with Crippen LogP contribution < -0.4 is 10.1 Å². The van der Waals surface area contributed by atoms with Crippen LogP contribution in [0.25, 0.3) is 0 Å². The zero-order valence-corrected chi connectivity index (χ0v) is 16.8. The summed E-state index contributed by atoms with van der Waals surface area (Å²) in [5, 5.41) is 3.04. The van der Waals surface area contributed by atoms with Crippen molar-refractivity contribution in [2.24, 2.45) is 0 Å². The third-order valence-electron chi connectivity index (χ3n) is 4.70. The summed E-state index contributed by atoms with van der Waals surface area (Å²) < 4.78 is 19.4. The Kier molecular flexibility index (Phi) is 6.48. The minimum Gasteiger partial charge on any atom is -0.496 e. The maximum Gasteiger partial charge on any atom is 0.255 e. The fourth-order valence-electron chi connectivity index (χ4n) is 3.32. The molecule has 4 nitrogen and oxygen atoms in total. The van der Waals surface area contributed by atoms with E-state index in [2.05, 4.69) is 32.8 Å². The first-order valence-corrected chi connectivity index (χ1v) is 9.75. The van der Waals surface area contributed by atoms with Crippen LogP contribution in [-0.2, 0) is 6.54 Å². The monoisotopic (exact) mass is 468 g/mol. The number of likely N-dealkylation sites (tertiary alicyclic amines) is 1. The van der Waals surface area contributed by atoms with E-state index in [1.54, 1.807) is 7.11 Å². The SMILES string of the molecule is COc1ccc(I)cc1C(=O)NC[C@H]1CCCN1Cc1ccc(F)cc1. The lowest BCUT2D eigenvalue weighted by Crippen LogP contribution is -2.39. The lowest BCUT2D eigenvalue weighted by Gasteiger charge is -2.25. The molecular weight excluding hydrogens is 446 g/mol. The van der Waals surface area contributed by atoms with Crippen LogP contribution in [0, 0.1) is 9.39 Å². The molecule has 0 aliphatic carbocycles. The molecule has 0 bridgehead atoms. The largest absolute Gasteiger partial charge is 0.496 e. The molecule has 1 fully saturated rings. The van der Waals surface area contributed by atoms with Crippen molar-refractivity contribution >= 4 is 28.5 Å². The lowest BCUT2D eigenvalue weighted by molar-refractivity contribution is 0.0936. The van der Waals surface area contributed by atoms with Gasteiger partial charge in [0.05, 0.1) is 12.7 Å². The summed E-state index contributed by atoms with van der Waals surface area (Å²) in [6, 6.07) is 12.5. The molecule has 26 heavy (non-hydrogen) atoms. The standard InChI is InChI=1S/C20H22FIN2O2/c1-26-19-9-8-16(22)11-18(19)20(25)23-12-17-3-2-10-24(17)13-14-4-6-15(21)7-5-14/h4-9,11,17H,2-3,10,12-13H2,1H3,(H,23,25)/t17-/m1/s1. The quantitative estimate of drug-likeness (QED) is 0.656. The van der Waals surface area contributed by atoms with Crippen LogP contribution >= 0.6 is 22.6 Å². The number of amides is 1. The van der Waals surface area contributed by atoms with Gasteiger partial charge in [0.15, 0.2) is 0 Å². The summed E-state index contributed by atoms with van der Waals surface area (Å²) in [6.45, 7) is 2.35. The third kappa shape index (κ3) is 4.73. The van der Waals surface area contributed by atoms with Gasteiger partial charge in [-0.25, -0.2) is 4.39 Å². The van der Waals surface area contributed by atoms with Gasteiger partial charge in [0.1, 0.15) is 11.6 Å². The Morgan fingerprint density at radius 2 is 2.08 bits per heavy atom. The van der Waals surface area contributed by atoms with E-state index in [9.17, 15) is 9.18 Å². The maximum atomic E-state index is 13.1. The number of carbonyl (C=O) groups excluding carboxylic acids is 1. The highest BCUT2D eigenvalue weighted by Gasteiger charge is 2.25. The molecule has 1 atom stereocenters. The van der Waals surface area contributed by atoms with Crippen LogP contribution in [0.15, 0.2) is 42.5 Å². The molecule has 2 aromatic carbocycles. The molecule has 1 aliphatic heterocycles. The van der Waals surface area contributed by atoms with E-state index in [1.165, 1.54) is 12.1 Å². The van der Waals surface area contributed by atoms with Crippen molar-refractivity contribution in [2.75, 3.05) is 20.2 Å². The second kappa shape index (κ2) is 8.81. The molecular formula is C20H22FIN2O2. The zero-order chi connectivity index (χ0) is 18.5. The third-order valence-corrected chi connectivity index (χ3v) is 5.37. The lowest BCUT2D eigenvalue weighted by atomic mass is 10.1. The van der Waals surface area contributed by atoms with E-state index in [0.29, 0.717) is 17.9 Å². The molecule has 0 unspecified atom stereocenters. The fraction of sp³-hybridized carbons (Fsp3) is 0.350. The van der Waals surface area contributed by atoms with Gasteiger partial charge in [0.25, 0.3) is 5.91 Å². The topological polar surface area (TPSA) is 41.6 Å². The molecule has 1 heterocycles. The molecule has 0 saturated carbocycles. The van der Waals surface area contributed by atoms with Gasteiger partial charge in [-0.3, -0.25) is 9.69 Å². The van der Waals surface area contributed by atoms with E-state index in [-0.39, 0.29) is 17.8 Å². The number of rotatable bonds is 6. The summed E-state index contributed by atoms with van der Waals surface area (Å²) in [7, 11) is 1.57. The molecule has 138 valence electrons. The fourth-order valence-corrected chi connectivity index (χ4v) is 3.81. The van der Waals surface area contributed by atoms with Crippen LogP contribution in [-0.4, -0.2) is 37.0 Å². The van der Waals surface area contributed by atoms with Gasteiger partial charge in [0.2, 0.25) is 0 Å². The van der Waals surface area contributed by atoms with Crippen molar-refractivity contribution in [3.8, 4) is 5.75 Å². The highest BCUT2D eigenvalue weighted by atomic mass is 127. The molecule has 1 saturated heterocycles. The number of nitrogens with one attached hydrogen (secondary N) is 1. The van der Waals surface area contributed by atoms with Crippen LogP contribution in [0.2, 0.25) is 0 Å². The first-order chi connectivity index (χ1) is 12.6. The van der Waals surface area contributed by atoms with Gasteiger partial charge in [-0.15, -0.1) is 0 Å². The van der Waals surface area contributed by atoms with E-state index >= 15 is 0 Å². The number of ether oxygens (including phenoxy) is 1. The summed E-state index contributed by atoms with van der Waals surface area (Å²) >= 11 is 2.19. The smallest absolute Gasteiger partial charge is 0.255 e. The average molecular weight is 468 g/mol. The van der Waals surface area contributed by atoms with Gasteiger partial charge < -0.3 is 10.1 Å². The number of benzene rings is 2. The van der Waals surface area contributed by atoms with Gasteiger partial charge in [-0.05, 0) is 77.9 Å². The zero-order valence-electron chi connectivity index (χ0n) is 14.7. The number of halogens is 2. The van der Waals surface area contributed by atoms with E-state index in [1.807, 2.05) is 30.3 Å². The van der Waals surface area contributed by atoms with Crippen molar-refractivity contribution in [3.63, 3.8) is 0 Å².